The van der Waals surface area contributed by atoms with E-state index in [1.807, 2.05) is 17.4 Å². The van der Waals surface area contributed by atoms with Crippen molar-refractivity contribution in [1.29, 1.82) is 0 Å². The summed E-state index contributed by atoms with van der Waals surface area (Å²) in [6, 6.07) is 54.5. The topological polar surface area (TPSA) is 18.1 Å². The molecule has 0 spiro atoms. The molecule has 0 radical (unpaired) electrons. The van der Waals surface area contributed by atoms with Crippen LogP contribution >= 0.6 is 11.3 Å². The van der Waals surface area contributed by atoms with Crippen molar-refractivity contribution in [2.75, 3.05) is 0 Å². The third-order valence-corrected chi connectivity index (χ3v) is 10.5. The Balaban J connectivity index is 1.35. The summed E-state index contributed by atoms with van der Waals surface area (Å²) in [5, 5.41) is 7.37. The van der Waals surface area contributed by atoms with Crippen LogP contribution in [-0.4, -0.2) is 4.57 Å². The molecule has 0 aliphatic rings. The summed E-state index contributed by atoms with van der Waals surface area (Å²) in [6.45, 7) is 0. The number of benzene rings is 7. The van der Waals surface area contributed by atoms with Crippen LogP contribution in [0.15, 0.2) is 156 Å². The molecule has 0 amide bonds. The van der Waals surface area contributed by atoms with Gasteiger partial charge in [0.1, 0.15) is 11.2 Å². The largest absolute Gasteiger partial charge is 0.455 e. The quantitative estimate of drug-likeness (QED) is 0.200. The fourth-order valence-electron chi connectivity index (χ4n) is 7.27. The van der Waals surface area contributed by atoms with E-state index in [0.717, 1.165) is 27.5 Å². The minimum Gasteiger partial charge on any atom is -0.455 e. The minimum absolute atomic E-state index is 0.918. The number of fused-ring (bicyclic) bond motifs is 9. The first-order chi connectivity index (χ1) is 22.3. The van der Waals surface area contributed by atoms with Gasteiger partial charge in [-0.25, -0.2) is 0 Å². The van der Waals surface area contributed by atoms with Gasteiger partial charge in [0.25, 0.3) is 0 Å². The van der Waals surface area contributed by atoms with Crippen LogP contribution in [0, 0.1) is 0 Å². The van der Waals surface area contributed by atoms with E-state index in [0.29, 0.717) is 0 Å². The lowest BCUT2D eigenvalue weighted by molar-refractivity contribution is 0.670. The zero-order valence-electron chi connectivity index (χ0n) is 24.2. The van der Waals surface area contributed by atoms with Crippen molar-refractivity contribution in [2.45, 2.75) is 0 Å². The Labute approximate surface area is 263 Å². The summed E-state index contributed by atoms with van der Waals surface area (Å²) >= 11 is 1.89. The molecule has 0 bridgehead atoms. The van der Waals surface area contributed by atoms with Crippen molar-refractivity contribution in [3.63, 3.8) is 0 Å². The van der Waals surface area contributed by atoms with Crippen molar-refractivity contribution in [3.8, 4) is 27.9 Å². The number of thiophene rings is 1. The highest BCUT2D eigenvalue weighted by atomic mass is 32.1. The van der Waals surface area contributed by atoms with Gasteiger partial charge in [0.15, 0.2) is 0 Å². The van der Waals surface area contributed by atoms with Gasteiger partial charge >= 0.3 is 0 Å². The molecule has 0 aliphatic carbocycles. The van der Waals surface area contributed by atoms with Crippen LogP contribution in [0.3, 0.4) is 0 Å². The molecule has 0 saturated carbocycles. The van der Waals surface area contributed by atoms with E-state index in [9.17, 15) is 0 Å². The van der Waals surface area contributed by atoms with Crippen molar-refractivity contribution in [1.82, 2.24) is 4.57 Å². The molecule has 2 nitrogen and oxygen atoms in total. The van der Waals surface area contributed by atoms with Crippen molar-refractivity contribution >= 4 is 75.3 Å². The van der Waals surface area contributed by atoms with Crippen LogP contribution in [0.25, 0.3) is 91.9 Å². The highest BCUT2D eigenvalue weighted by Gasteiger charge is 2.22. The maximum atomic E-state index is 6.57. The van der Waals surface area contributed by atoms with Crippen molar-refractivity contribution < 1.29 is 4.42 Å². The van der Waals surface area contributed by atoms with Crippen LogP contribution in [0.1, 0.15) is 0 Å². The zero-order chi connectivity index (χ0) is 29.5. The molecule has 210 valence electrons. The summed E-state index contributed by atoms with van der Waals surface area (Å²) in [6.07, 6.45) is 0. The number of para-hydroxylation sites is 4. The lowest BCUT2D eigenvalue weighted by Crippen LogP contribution is -1.93. The third kappa shape index (κ3) is 3.50. The highest BCUT2D eigenvalue weighted by Crippen LogP contribution is 2.49. The summed E-state index contributed by atoms with van der Waals surface area (Å²) in [5.41, 5.74) is 10.3. The van der Waals surface area contributed by atoms with Gasteiger partial charge in [-0.3, -0.25) is 0 Å². The zero-order valence-corrected chi connectivity index (χ0v) is 25.0. The summed E-state index contributed by atoms with van der Waals surface area (Å²) in [7, 11) is 0. The maximum Gasteiger partial charge on any atom is 0.143 e. The first-order valence-electron chi connectivity index (χ1n) is 15.3. The lowest BCUT2D eigenvalue weighted by Gasteiger charge is -2.11. The van der Waals surface area contributed by atoms with E-state index < -0.39 is 0 Å². The summed E-state index contributed by atoms with van der Waals surface area (Å²) in [4.78, 5) is 0. The molecule has 0 atom stereocenters. The van der Waals surface area contributed by atoms with E-state index in [4.69, 9.17) is 4.42 Å². The average molecular weight is 592 g/mol. The Kier molecular flexibility index (Phi) is 5.19. The normalized spacial score (nSPS) is 12.0. The van der Waals surface area contributed by atoms with Gasteiger partial charge in [-0.2, -0.15) is 0 Å². The van der Waals surface area contributed by atoms with Crippen LogP contribution in [-0.2, 0) is 0 Å². The molecule has 10 rings (SSSR count). The fourth-order valence-corrected chi connectivity index (χ4v) is 8.64. The Morgan fingerprint density at radius 3 is 1.84 bits per heavy atom. The first kappa shape index (κ1) is 24.8. The maximum absolute atomic E-state index is 6.57. The van der Waals surface area contributed by atoms with E-state index in [-0.39, 0.29) is 0 Å². The van der Waals surface area contributed by atoms with Gasteiger partial charge in [0.05, 0.1) is 21.4 Å². The Morgan fingerprint density at radius 1 is 0.422 bits per heavy atom. The highest BCUT2D eigenvalue weighted by molar-refractivity contribution is 7.27. The number of hydrogen-bond donors (Lipinski definition) is 0. The molecular weight excluding hydrogens is 567 g/mol. The minimum atomic E-state index is 0.918. The van der Waals surface area contributed by atoms with Crippen molar-refractivity contribution in [2.24, 2.45) is 0 Å². The van der Waals surface area contributed by atoms with Crippen LogP contribution in [0.2, 0.25) is 0 Å². The van der Waals surface area contributed by atoms with Crippen LogP contribution < -0.4 is 0 Å². The van der Waals surface area contributed by atoms with Gasteiger partial charge in [0.2, 0.25) is 0 Å². The average Bonchev–Trinajstić information content (AvgIpc) is 3.78. The number of furan rings is 1. The molecular formula is C42H25NOS. The molecule has 0 N–H and O–H groups in total. The van der Waals surface area contributed by atoms with Crippen molar-refractivity contribution in [3.05, 3.63) is 152 Å². The predicted octanol–water partition coefficient (Wildman–Crippen LogP) is 12.4. The molecule has 0 saturated heterocycles. The molecule has 45 heavy (non-hydrogen) atoms. The second-order valence-corrected chi connectivity index (χ2v) is 12.7. The van der Waals surface area contributed by atoms with E-state index in [1.165, 1.54) is 64.4 Å². The number of hydrogen-bond acceptors (Lipinski definition) is 2. The molecule has 0 aliphatic heterocycles. The summed E-state index contributed by atoms with van der Waals surface area (Å²) in [5.74, 6) is 0. The molecule has 3 aromatic heterocycles. The molecule has 0 fully saturated rings. The summed E-state index contributed by atoms with van der Waals surface area (Å²) < 4.78 is 11.6. The predicted molar refractivity (Wildman–Crippen MR) is 192 cm³/mol. The molecule has 3 heterocycles. The monoisotopic (exact) mass is 591 g/mol. The second kappa shape index (κ2) is 9.43. The Morgan fingerprint density at radius 2 is 1.04 bits per heavy atom. The van der Waals surface area contributed by atoms with E-state index in [2.05, 4.69) is 150 Å². The van der Waals surface area contributed by atoms with Gasteiger partial charge in [-0.15, -0.1) is 11.3 Å². The fraction of sp³-hybridized carbons (Fsp3) is 0. The standard InChI is InChI=1S/C42H25NOS/c1-2-12-26(13-3-1)27-24-25-31(33-18-10-17-32-30-16-6-9-23-38(30)44-40(32)33)39-34-19-11-22-37(41(34)45-42(27)39)43-35-20-7-4-14-28(35)29-15-5-8-21-36(29)43/h1-25H. The molecule has 3 heteroatoms. The van der Waals surface area contributed by atoms with Gasteiger partial charge in [-0.05, 0) is 41.0 Å². The smallest absolute Gasteiger partial charge is 0.143 e. The Bertz CT molecular complexity index is 2710. The molecule has 10 aromatic rings. The number of rotatable bonds is 3. The molecule has 7 aromatic carbocycles. The number of aromatic nitrogens is 1. The van der Waals surface area contributed by atoms with Crippen LogP contribution in [0.4, 0.5) is 0 Å². The first-order valence-corrected chi connectivity index (χ1v) is 16.1. The van der Waals surface area contributed by atoms with Gasteiger partial charge < -0.3 is 8.98 Å². The second-order valence-electron chi connectivity index (χ2n) is 11.6. The van der Waals surface area contributed by atoms with E-state index >= 15 is 0 Å². The SMILES string of the molecule is c1ccc(-c2ccc(-c3cccc4c3oc3ccccc34)c3c2sc2c(-n4c5ccccc5c5ccccc54)cccc23)cc1. The molecule has 0 unspecified atom stereocenters. The Hall–Kier alpha value is -5.64. The van der Waals surface area contributed by atoms with Crippen LogP contribution in [0.5, 0.6) is 0 Å². The van der Waals surface area contributed by atoms with Gasteiger partial charge in [-0.1, -0.05) is 127 Å². The van der Waals surface area contributed by atoms with E-state index in [1.54, 1.807) is 0 Å². The van der Waals surface area contributed by atoms with Gasteiger partial charge in [0, 0.05) is 42.6 Å². The third-order valence-electron chi connectivity index (χ3n) is 9.23. The number of nitrogens with zero attached hydrogens (tertiary/aromatic N) is 1. The lowest BCUT2D eigenvalue weighted by atomic mass is 9.94.